The smallest absolute Gasteiger partial charge is 0.230 e. The molecule has 0 bridgehead atoms. The van der Waals surface area contributed by atoms with Crippen molar-refractivity contribution in [3.8, 4) is 22.1 Å². The fourth-order valence-electron chi connectivity index (χ4n) is 3.98. The third-order valence-corrected chi connectivity index (χ3v) is 6.50. The number of thiazole rings is 1. The number of nitrogens with zero attached hydrogens (tertiary/aromatic N) is 4. The van der Waals surface area contributed by atoms with Crippen LogP contribution in [-0.4, -0.2) is 40.2 Å². The maximum Gasteiger partial charge on any atom is 0.230 e. The number of nitrogens with one attached hydrogen (secondary N) is 1. The van der Waals surface area contributed by atoms with E-state index in [1.54, 1.807) is 28.8 Å². The minimum absolute atomic E-state index is 0.0921. The van der Waals surface area contributed by atoms with E-state index in [0.29, 0.717) is 23.2 Å². The van der Waals surface area contributed by atoms with Crippen molar-refractivity contribution >= 4 is 34.7 Å². The van der Waals surface area contributed by atoms with Gasteiger partial charge in [0.25, 0.3) is 0 Å². The summed E-state index contributed by atoms with van der Waals surface area (Å²) in [5.74, 6) is 0.406. The van der Waals surface area contributed by atoms with Crippen molar-refractivity contribution in [3.63, 3.8) is 0 Å². The van der Waals surface area contributed by atoms with Gasteiger partial charge < -0.3 is 15.0 Å². The van der Waals surface area contributed by atoms with Gasteiger partial charge in [-0.3, -0.25) is 9.59 Å². The largest absolute Gasteiger partial charge is 0.497 e. The molecule has 0 radical (unpaired) electrons. The van der Waals surface area contributed by atoms with Gasteiger partial charge in [0.2, 0.25) is 16.9 Å². The lowest BCUT2D eigenvalue weighted by Gasteiger charge is -2.17. The molecule has 2 amide bonds. The molecule has 2 aromatic heterocycles. The first kappa shape index (κ1) is 21.8. The van der Waals surface area contributed by atoms with E-state index >= 15 is 0 Å². The predicted octanol–water partition coefficient (Wildman–Crippen LogP) is 4.30. The van der Waals surface area contributed by atoms with Crippen LogP contribution in [0.15, 0.2) is 66.0 Å². The molecule has 1 N–H and O–H groups in total. The number of amides is 2. The number of aromatic nitrogens is 3. The molecule has 3 heterocycles. The Kier molecular flexibility index (Phi) is 5.85. The summed E-state index contributed by atoms with van der Waals surface area (Å²) in [6.45, 7) is 2.17. The highest BCUT2D eigenvalue weighted by atomic mass is 32.1. The van der Waals surface area contributed by atoms with Gasteiger partial charge in [-0.05, 0) is 19.1 Å². The van der Waals surface area contributed by atoms with E-state index in [-0.39, 0.29) is 18.2 Å². The van der Waals surface area contributed by atoms with Gasteiger partial charge in [0.1, 0.15) is 11.6 Å². The molecule has 2 aromatic carbocycles. The first-order valence-electron chi connectivity index (χ1n) is 10.8. The second kappa shape index (κ2) is 9.11. The molecule has 0 saturated carbocycles. The lowest BCUT2D eigenvalue weighted by molar-refractivity contribution is -0.122. The van der Waals surface area contributed by atoms with E-state index in [4.69, 9.17) is 9.72 Å². The molecule has 0 aliphatic carbocycles. The van der Waals surface area contributed by atoms with E-state index in [1.165, 1.54) is 11.3 Å². The summed E-state index contributed by atoms with van der Waals surface area (Å²) in [6.07, 6.45) is 0.144. The van der Waals surface area contributed by atoms with Crippen molar-refractivity contribution < 1.29 is 14.3 Å². The molecule has 4 aromatic rings. The summed E-state index contributed by atoms with van der Waals surface area (Å²) in [5, 5.41) is 10.1. The van der Waals surface area contributed by atoms with Crippen molar-refractivity contribution in [1.82, 2.24) is 14.8 Å². The normalized spacial score (nSPS) is 15.5. The summed E-state index contributed by atoms with van der Waals surface area (Å²) in [6, 6.07) is 19.0. The molecule has 1 aliphatic heterocycles. The first-order chi connectivity index (χ1) is 16.5. The molecule has 9 heteroatoms. The van der Waals surface area contributed by atoms with Gasteiger partial charge in [0.05, 0.1) is 24.4 Å². The molecule has 1 fully saturated rings. The van der Waals surface area contributed by atoms with Crippen LogP contribution < -0.4 is 15.0 Å². The molecule has 1 unspecified atom stereocenters. The fourth-order valence-corrected chi connectivity index (χ4v) is 4.77. The van der Waals surface area contributed by atoms with Gasteiger partial charge in [0.15, 0.2) is 0 Å². The van der Waals surface area contributed by atoms with E-state index in [1.807, 2.05) is 60.8 Å². The van der Waals surface area contributed by atoms with Crippen LogP contribution in [0.4, 0.5) is 11.5 Å². The zero-order valence-electron chi connectivity index (χ0n) is 18.8. The number of ether oxygens (including phenoxy) is 1. The quantitative estimate of drug-likeness (QED) is 0.451. The Bertz CT molecular complexity index is 1350. The number of methoxy groups -OCH3 is 1. The highest BCUT2D eigenvalue weighted by molar-refractivity contribution is 7.12. The molecule has 1 atom stereocenters. The van der Waals surface area contributed by atoms with Crippen LogP contribution in [0.2, 0.25) is 0 Å². The van der Waals surface area contributed by atoms with Crippen molar-refractivity contribution in [2.45, 2.75) is 13.3 Å². The second-order valence-corrected chi connectivity index (χ2v) is 8.90. The lowest BCUT2D eigenvalue weighted by atomic mass is 10.1. The fraction of sp³-hybridized carbons (Fsp3) is 0.200. The van der Waals surface area contributed by atoms with E-state index in [0.717, 1.165) is 22.6 Å². The van der Waals surface area contributed by atoms with Gasteiger partial charge in [0, 0.05) is 41.7 Å². The van der Waals surface area contributed by atoms with Crippen molar-refractivity contribution in [1.29, 1.82) is 0 Å². The number of aryl methyl sites for hydroxylation is 1. The Morgan fingerprint density at radius 1 is 1.15 bits per heavy atom. The maximum absolute atomic E-state index is 13.1. The Labute approximate surface area is 200 Å². The second-order valence-electron chi connectivity index (χ2n) is 8.06. The summed E-state index contributed by atoms with van der Waals surface area (Å²) >= 11 is 1.45. The third-order valence-electron chi connectivity index (χ3n) is 5.69. The molecule has 34 heavy (non-hydrogen) atoms. The van der Waals surface area contributed by atoms with Gasteiger partial charge in [-0.25, -0.2) is 4.98 Å². The highest BCUT2D eigenvalue weighted by Gasteiger charge is 2.35. The van der Waals surface area contributed by atoms with Crippen molar-refractivity contribution in [3.05, 3.63) is 71.7 Å². The zero-order valence-corrected chi connectivity index (χ0v) is 19.6. The summed E-state index contributed by atoms with van der Waals surface area (Å²) in [7, 11) is 1.58. The molecule has 1 saturated heterocycles. The Morgan fingerprint density at radius 3 is 2.76 bits per heavy atom. The van der Waals surface area contributed by atoms with Crippen LogP contribution in [0.3, 0.4) is 0 Å². The lowest BCUT2D eigenvalue weighted by Crippen LogP contribution is -2.28. The van der Waals surface area contributed by atoms with Crippen LogP contribution in [0.25, 0.3) is 16.4 Å². The number of hydrogen-bond acceptors (Lipinski definition) is 6. The molecular formula is C25H23N5O3S. The Morgan fingerprint density at radius 2 is 1.97 bits per heavy atom. The number of benzene rings is 2. The molecule has 172 valence electrons. The van der Waals surface area contributed by atoms with Gasteiger partial charge in [-0.1, -0.05) is 36.4 Å². The van der Waals surface area contributed by atoms with Crippen LogP contribution in [0.5, 0.6) is 5.75 Å². The molecular weight excluding hydrogens is 450 g/mol. The number of carbonyl (C=O) groups is 2. The third kappa shape index (κ3) is 4.29. The molecule has 1 aliphatic rings. The average molecular weight is 474 g/mol. The summed E-state index contributed by atoms with van der Waals surface area (Å²) < 4.78 is 6.90. The van der Waals surface area contributed by atoms with Crippen LogP contribution in [0, 0.1) is 12.8 Å². The topological polar surface area (TPSA) is 89.3 Å². The Balaban J connectivity index is 1.33. The van der Waals surface area contributed by atoms with Gasteiger partial charge >= 0.3 is 0 Å². The first-order valence-corrected chi connectivity index (χ1v) is 11.7. The molecule has 8 nitrogen and oxygen atoms in total. The van der Waals surface area contributed by atoms with Crippen molar-refractivity contribution in [2.75, 3.05) is 23.9 Å². The van der Waals surface area contributed by atoms with Gasteiger partial charge in [-0.15, -0.1) is 11.3 Å². The summed E-state index contributed by atoms with van der Waals surface area (Å²) in [4.78, 5) is 32.1. The van der Waals surface area contributed by atoms with Crippen molar-refractivity contribution in [2.24, 2.45) is 5.92 Å². The number of rotatable bonds is 6. The van der Waals surface area contributed by atoms with E-state index in [9.17, 15) is 9.59 Å². The number of anilines is 2. The van der Waals surface area contributed by atoms with Crippen LogP contribution in [-0.2, 0) is 9.59 Å². The van der Waals surface area contributed by atoms with Crippen LogP contribution >= 0.6 is 11.3 Å². The SMILES string of the molecule is COc1cccc(N2CC(C(=O)Nc3cc(C)nn3-c3nc(-c4ccccc4)cs3)CC2=O)c1. The maximum atomic E-state index is 13.1. The highest BCUT2D eigenvalue weighted by Crippen LogP contribution is 2.30. The number of carbonyl (C=O) groups excluding carboxylic acids is 2. The van der Waals surface area contributed by atoms with Gasteiger partial charge in [-0.2, -0.15) is 9.78 Å². The Hall–Kier alpha value is -3.98. The number of hydrogen-bond donors (Lipinski definition) is 1. The zero-order chi connectivity index (χ0) is 23.7. The molecule has 0 spiro atoms. The average Bonchev–Trinajstić information content (AvgIpc) is 3.58. The monoisotopic (exact) mass is 473 g/mol. The standard InChI is InChI=1S/C25H23N5O3S/c1-16-11-22(30(28-16)25-26-21(15-34-25)17-7-4-3-5-8-17)27-24(32)18-12-23(31)29(14-18)19-9-6-10-20(13-19)33-2/h3-11,13,15,18H,12,14H2,1-2H3,(H,27,32). The minimum atomic E-state index is -0.474. The molecule has 5 rings (SSSR count). The predicted molar refractivity (Wildman–Crippen MR) is 131 cm³/mol. The minimum Gasteiger partial charge on any atom is -0.497 e. The summed E-state index contributed by atoms with van der Waals surface area (Å²) in [5.41, 5.74) is 3.34. The van der Waals surface area contributed by atoms with E-state index in [2.05, 4.69) is 10.4 Å². The van der Waals surface area contributed by atoms with E-state index < -0.39 is 5.92 Å². The van der Waals surface area contributed by atoms with Crippen LogP contribution in [0.1, 0.15) is 12.1 Å².